The molecule has 0 aromatic carbocycles. The van der Waals surface area contributed by atoms with E-state index in [2.05, 4.69) is 69.1 Å². The maximum absolute atomic E-state index is 4.29. The van der Waals surface area contributed by atoms with Crippen molar-refractivity contribution in [1.29, 1.82) is 0 Å². The van der Waals surface area contributed by atoms with Crippen molar-refractivity contribution in [3.05, 3.63) is 0 Å². The molecule has 0 aliphatic carbocycles. The normalized spacial score (nSPS) is 14.8. The van der Waals surface area contributed by atoms with Crippen molar-refractivity contribution < 1.29 is 0 Å². The second-order valence-electron chi connectivity index (χ2n) is 7.22. The summed E-state index contributed by atoms with van der Waals surface area (Å²) in [6.07, 6.45) is 2.38. The van der Waals surface area contributed by atoms with Crippen molar-refractivity contribution in [2.24, 2.45) is 10.4 Å². The van der Waals surface area contributed by atoms with Gasteiger partial charge < -0.3 is 15.5 Å². The van der Waals surface area contributed by atoms with Gasteiger partial charge in [0.2, 0.25) is 0 Å². The highest BCUT2D eigenvalue weighted by Gasteiger charge is 2.13. The molecule has 20 heavy (non-hydrogen) atoms. The molecule has 0 bridgehead atoms. The van der Waals surface area contributed by atoms with Crippen molar-refractivity contribution in [2.45, 2.75) is 66.5 Å². The summed E-state index contributed by atoms with van der Waals surface area (Å²) < 4.78 is 0. The van der Waals surface area contributed by atoms with Gasteiger partial charge in [-0.2, -0.15) is 0 Å². The lowest BCUT2D eigenvalue weighted by molar-refractivity contribution is 0.278. The average molecular weight is 284 g/mol. The number of guanidine groups is 1. The van der Waals surface area contributed by atoms with Gasteiger partial charge in [0.05, 0.1) is 0 Å². The van der Waals surface area contributed by atoms with Gasteiger partial charge in [0.25, 0.3) is 0 Å². The summed E-state index contributed by atoms with van der Waals surface area (Å²) in [5.74, 6) is 0.906. The van der Waals surface area contributed by atoms with Gasteiger partial charge in [-0.05, 0) is 46.1 Å². The topological polar surface area (TPSA) is 39.7 Å². The van der Waals surface area contributed by atoms with E-state index in [1.165, 1.54) is 6.42 Å². The Bertz CT molecular complexity index is 279. The van der Waals surface area contributed by atoms with E-state index in [-0.39, 0.29) is 0 Å². The maximum Gasteiger partial charge on any atom is 0.191 e. The summed E-state index contributed by atoms with van der Waals surface area (Å²) in [5.41, 5.74) is 0.396. The van der Waals surface area contributed by atoms with E-state index in [0.29, 0.717) is 17.5 Å². The van der Waals surface area contributed by atoms with E-state index < -0.39 is 0 Å². The third-order valence-corrected chi connectivity index (χ3v) is 3.57. The van der Waals surface area contributed by atoms with E-state index in [1.807, 2.05) is 7.05 Å². The van der Waals surface area contributed by atoms with Crippen LogP contribution in [0.2, 0.25) is 0 Å². The largest absolute Gasteiger partial charge is 0.355 e. The first-order valence-corrected chi connectivity index (χ1v) is 7.83. The van der Waals surface area contributed by atoms with Crippen LogP contribution in [0.1, 0.15) is 54.4 Å². The SMILES string of the molecule is CN=C(NCCN(C)C(C)C)NC(C)CCC(C)(C)C. The highest BCUT2D eigenvalue weighted by Crippen LogP contribution is 2.21. The van der Waals surface area contributed by atoms with Crippen LogP contribution in [0.3, 0.4) is 0 Å². The zero-order valence-electron chi connectivity index (χ0n) is 14.9. The van der Waals surface area contributed by atoms with Crippen LogP contribution in [0.5, 0.6) is 0 Å². The molecule has 0 heterocycles. The number of aliphatic imine (C=N–C) groups is 1. The van der Waals surface area contributed by atoms with Crippen molar-refractivity contribution in [1.82, 2.24) is 15.5 Å². The Morgan fingerprint density at radius 3 is 2.25 bits per heavy atom. The zero-order valence-corrected chi connectivity index (χ0v) is 14.9. The van der Waals surface area contributed by atoms with E-state index in [1.54, 1.807) is 0 Å². The summed E-state index contributed by atoms with van der Waals surface area (Å²) >= 11 is 0. The van der Waals surface area contributed by atoms with Gasteiger partial charge >= 0.3 is 0 Å². The number of nitrogens with one attached hydrogen (secondary N) is 2. The molecule has 0 aliphatic heterocycles. The molecule has 2 N–H and O–H groups in total. The van der Waals surface area contributed by atoms with Gasteiger partial charge in [-0.1, -0.05) is 20.8 Å². The summed E-state index contributed by atoms with van der Waals surface area (Å²) in [4.78, 5) is 6.61. The Morgan fingerprint density at radius 2 is 1.80 bits per heavy atom. The smallest absolute Gasteiger partial charge is 0.191 e. The van der Waals surface area contributed by atoms with E-state index >= 15 is 0 Å². The lowest BCUT2D eigenvalue weighted by Gasteiger charge is -2.24. The quantitative estimate of drug-likeness (QED) is 0.558. The fourth-order valence-electron chi connectivity index (χ4n) is 1.76. The van der Waals surface area contributed by atoms with Crippen LogP contribution in [0.25, 0.3) is 0 Å². The monoisotopic (exact) mass is 284 g/mol. The number of likely N-dealkylation sites (N-methyl/N-ethyl adjacent to an activating group) is 1. The highest BCUT2D eigenvalue weighted by atomic mass is 15.2. The average Bonchev–Trinajstić information content (AvgIpc) is 2.33. The van der Waals surface area contributed by atoms with E-state index in [4.69, 9.17) is 0 Å². The molecule has 0 amide bonds. The minimum atomic E-state index is 0.396. The Hall–Kier alpha value is -0.770. The van der Waals surface area contributed by atoms with Crippen LogP contribution >= 0.6 is 0 Å². The lowest BCUT2D eigenvalue weighted by atomic mass is 9.89. The molecule has 4 nitrogen and oxygen atoms in total. The third-order valence-electron chi connectivity index (χ3n) is 3.57. The molecule has 1 atom stereocenters. The molecule has 0 saturated carbocycles. The first-order valence-electron chi connectivity index (χ1n) is 7.83. The molecule has 0 rings (SSSR count). The van der Waals surface area contributed by atoms with Crippen LogP contribution in [-0.2, 0) is 0 Å². The molecule has 0 spiro atoms. The third kappa shape index (κ3) is 10.1. The van der Waals surface area contributed by atoms with Crippen LogP contribution in [-0.4, -0.2) is 50.1 Å². The zero-order chi connectivity index (χ0) is 15.8. The van der Waals surface area contributed by atoms with E-state index in [9.17, 15) is 0 Å². The Labute approximate surface area is 126 Å². The number of nitrogens with zero attached hydrogens (tertiary/aromatic N) is 2. The summed E-state index contributed by atoms with van der Waals surface area (Å²) in [6.45, 7) is 15.4. The molecule has 0 fully saturated rings. The van der Waals surface area contributed by atoms with Gasteiger partial charge in [0, 0.05) is 32.2 Å². The summed E-state index contributed by atoms with van der Waals surface area (Å²) in [5, 5.41) is 6.84. The van der Waals surface area contributed by atoms with Crippen LogP contribution < -0.4 is 10.6 Å². The van der Waals surface area contributed by atoms with Crippen LogP contribution in [0.15, 0.2) is 4.99 Å². The summed E-state index contributed by atoms with van der Waals surface area (Å²) in [6, 6.07) is 1.03. The molecule has 0 aromatic heterocycles. The molecule has 0 aromatic rings. The molecule has 1 unspecified atom stereocenters. The number of rotatable bonds is 7. The standard InChI is InChI=1S/C16H36N4/c1-13(2)20(8)12-11-18-15(17-7)19-14(3)9-10-16(4,5)6/h13-14H,9-12H2,1-8H3,(H2,17,18,19). The van der Waals surface area contributed by atoms with Crippen LogP contribution in [0, 0.1) is 5.41 Å². The number of hydrogen-bond acceptors (Lipinski definition) is 2. The van der Waals surface area contributed by atoms with Gasteiger partial charge in [-0.15, -0.1) is 0 Å². The maximum atomic E-state index is 4.29. The van der Waals surface area contributed by atoms with Crippen LogP contribution in [0.4, 0.5) is 0 Å². The van der Waals surface area contributed by atoms with E-state index in [0.717, 1.165) is 25.5 Å². The second kappa shape index (κ2) is 9.22. The Morgan fingerprint density at radius 1 is 1.20 bits per heavy atom. The molecule has 0 saturated heterocycles. The molecule has 120 valence electrons. The first kappa shape index (κ1) is 19.2. The molecule has 4 heteroatoms. The molecular formula is C16H36N4. The predicted octanol–water partition coefficient (Wildman–Crippen LogP) is 2.71. The minimum Gasteiger partial charge on any atom is -0.355 e. The van der Waals surface area contributed by atoms with Gasteiger partial charge in [0.1, 0.15) is 0 Å². The summed E-state index contributed by atoms with van der Waals surface area (Å²) in [7, 11) is 3.98. The molecule has 0 aliphatic rings. The van der Waals surface area contributed by atoms with Crippen molar-refractivity contribution in [2.75, 3.05) is 27.2 Å². The van der Waals surface area contributed by atoms with Crippen molar-refractivity contribution >= 4 is 5.96 Å². The minimum absolute atomic E-state index is 0.396. The molecular weight excluding hydrogens is 248 g/mol. The Balaban J connectivity index is 3.98. The fraction of sp³-hybridized carbons (Fsp3) is 0.938. The fourth-order valence-corrected chi connectivity index (χ4v) is 1.76. The number of hydrogen-bond donors (Lipinski definition) is 2. The van der Waals surface area contributed by atoms with Crippen molar-refractivity contribution in [3.8, 4) is 0 Å². The highest BCUT2D eigenvalue weighted by molar-refractivity contribution is 5.79. The Kier molecular flexibility index (Phi) is 8.86. The van der Waals surface area contributed by atoms with Gasteiger partial charge in [0.15, 0.2) is 5.96 Å². The molecule has 0 radical (unpaired) electrons. The van der Waals surface area contributed by atoms with Gasteiger partial charge in [-0.25, -0.2) is 0 Å². The van der Waals surface area contributed by atoms with Crippen molar-refractivity contribution in [3.63, 3.8) is 0 Å². The second-order valence-corrected chi connectivity index (χ2v) is 7.22. The lowest BCUT2D eigenvalue weighted by Crippen LogP contribution is -2.45. The van der Waals surface area contributed by atoms with Gasteiger partial charge in [-0.3, -0.25) is 4.99 Å². The predicted molar refractivity (Wildman–Crippen MR) is 90.4 cm³/mol. The first-order chi connectivity index (χ1) is 9.15.